The van der Waals surface area contributed by atoms with Gasteiger partial charge in [-0.3, -0.25) is 9.89 Å². The zero-order valence-corrected chi connectivity index (χ0v) is 22.6. The van der Waals surface area contributed by atoms with E-state index in [1.165, 1.54) is 11.1 Å². The molecule has 1 aliphatic carbocycles. The Morgan fingerprint density at radius 2 is 2.03 bits per heavy atom. The highest BCUT2D eigenvalue weighted by molar-refractivity contribution is 5.83. The van der Waals surface area contributed by atoms with Crippen molar-refractivity contribution in [3.05, 3.63) is 71.3 Å². The molecular formula is C31H38N4O4. The Morgan fingerprint density at radius 1 is 1.15 bits per heavy atom. The first-order valence-corrected chi connectivity index (χ1v) is 14.3. The summed E-state index contributed by atoms with van der Waals surface area (Å²) in [7, 11) is 0. The van der Waals surface area contributed by atoms with E-state index in [4.69, 9.17) is 9.47 Å². The standard InChI is InChI=1S/C31H38N4O4/c1-21-3-2-4-22(27-9-14-32-33-27)5-8-29(21)39-25-6-7-26-23(20-38-30(26)19-25)10-15-34-16-11-24(12-17-34)35-18-13-28(36)31(35)37/h4-9,14,19,23-24,28,36H,2-3,10-13,15-18,20H2,1H3,(H,32,33). The van der Waals surface area contributed by atoms with Crippen LogP contribution in [0.3, 0.4) is 0 Å². The molecule has 3 aliphatic heterocycles. The fourth-order valence-corrected chi connectivity index (χ4v) is 6.21. The molecule has 0 spiro atoms. The van der Waals surface area contributed by atoms with Crippen LogP contribution in [0.25, 0.3) is 5.57 Å². The van der Waals surface area contributed by atoms with Gasteiger partial charge in [-0.05, 0) is 87.4 Å². The molecule has 206 valence electrons. The Kier molecular flexibility index (Phi) is 7.57. The van der Waals surface area contributed by atoms with Crippen LogP contribution in [-0.4, -0.2) is 75.9 Å². The number of aliphatic hydroxyl groups is 1. The van der Waals surface area contributed by atoms with E-state index < -0.39 is 6.10 Å². The number of piperidine rings is 1. The zero-order chi connectivity index (χ0) is 26.8. The maximum absolute atomic E-state index is 12.2. The second-order valence-electron chi connectivity index (χ2n) is 11.2. The first-order valence-electron chi connectivity index (χ1n) is 14.3. The van der Waals surface area contributed by atoms with Gasteiger partial charge in [0.05, 0.1) is 12.3 Å². The smallest absolute Gasteiger partial charge is 0.251 e. The molecule has 1 amide bonds. The normalized spacial score (nSPS) is 24.4. The summed E-state index contributed by atoms with van der Waals surface area (Å²) in [6, 6.07) is 8.51. The largest absolute Gasteiger partial charge is 0.493 e. The number of aliphatic hydroxyl groups excluding tert-OH is 1. The molecule has 4 aliphatic rings. The number of rotatable bonds is 7. The van der Waals surface area contributed by atoms with Crippen molar-refractivity contribution in [2.75, 3.05) is 32.8 Å². The van der Waals surface area contributed by atoms with Crippen molar-refractivity contribution >= 4 is 11.5 Å². The number of H-pyrrole nitrogens is 1. The quantitative estimate of drug-likeness (QED) is 0.551. The van der Waals surface area contributed by atoms with Crippen LogP contribution in [-0.2, 0) is 4.79 Å². The van der Waals surface area contributed by atoms with Gasteiger partial charge in [0.25, 0.3) is 5.91 Å². The van der Waals surface area contributed by atoms with Crippen molar-refractivity contribution in [3.63, 3.8) is 0 Å². The second kappa shape index (κ2) is 11.4. The summed E-state index contributed by atoms with van der Waals surface area (Å²) in [4.78, 5) is 16.6. The van der Waals surface area contributed by atoms with Crippen LogP contribution < -0.4 is 9.47 Å². The van der Waals surface area contributed by atoms with E-state index in [1.807, 2.05) is 23.1 Å². The van der Waals surface area contributed by atoms with Gasteiger partial charge >= 0.3 is 0 Å². The van der Waals surface area contributed by atoms with Crippen LogP contribution in [0.15, 0.2) is 60.0 Å². The van der Waals surface area contributed by atoms with E-state index in [0.29, 0.717) is 25.5 Å². The summed E-state index contributed by atoms with van der Waals surface area (Å²) < 4.78 is 12.5. The van der Waals surface area contributed by atoms with Gasteiger partial charge in [0.2, 0.25) is 0 Å². The van der Waals surface area contributed by atoms with Crippen molar-refractivity contribution < 1.29 is 19.4 Å². The third-order valence-electron chi connectivity index (χ3n) is 8.63. The number of hydrogen-bond acceptors (Lipinski definition) is 6. The molecule has 2 fully saturated rings. The minimum atomic E-state index is -0.789. The predicted octanol–water partition coefficient (Wildman–Crippen LogP) is 4.42. The molecule has 2 N–H and O–H groups in total. The zero-order valence-electron chi connectivity index (χ0n) is 22.6. The van der Waals surface area contributed by atoms with Gasteiger partial charge in [0.15, 0.2) is 0 Å². The lowest BCUT2D eigenvalue weighted by molar-refractivity contribution is -0.137. The van der Waals surface area contributed by atoms with Gasteiger partial charge in [0.1, 0.15) is 23.4 Å². The molecule has 8 nitrogen and oxygen atoms in total. The predicted molar refractivity (Wildman–Crippen MR) is 149 cm³/mol. The number of aromatic nitrogens is 2. The number of carbonyl (C=O) groups is 1. The Hall–Kier alpha value is -3.36. The molecule has 2 unspecified atom stereocenters. The molecule has 2 atom stereocenters. The SMILES string of the molecule is CC1=C(Oc2ccc3c(c2)OCC3CCN2CCC(N3CCC(O)C3=O)CC2)C=CC(c2ccn[nH]2)=CCC1. The molecule has 6 rings (SSSR count). The van der Waals surface area contributed by atoms with E-state index in [2.05, 4.69) is 46.3 Å². The number of nitrogens with zero attached hydrogens (tertiary/aromatic N) is 3. The highest BCUT2D eigenvalue weighted by Gasteiger charge is 2.36. The average molecular weight is 531 g/mol. The first kappa shape index (κ1) is 25.9. The van der Waals surface area contributed by atoms with Gasteiger partial charge < -0.3 is 24.4 Å². The van der Waals surface area contributed by atoms with Crippen molar-refractivity contribution in [1.29, 1.82) is 0 Å². The van der Waals surface area contributed by atoms with Crippen molar-refractivity contribution in [1.82, 2.24) is 20.0 Å². The third kappa shape index (κ3) is 5.68. The van der Waals surface area contributed by atoms with Crippen LogP contribution in [0.5, 0.6) is 11.5 Å². The monoisotopic (exact) mass is 530 g/mol. The lowest BCUT2D eigenvalue weighted by Crippen LogP contribution is -2.46. The highest BCUT2D eigenvalue weighted by atomic mass is 16.5. The van der Waals surface area contributed by atoms with Crippen molar-refractivity contribution in [3.8, 4) is 11.5 Å². The molecular weight excluding hydrogens is 492 g/mol. The number of likely N-dealkylation sites (tertiary alicyclic amines) is 2. The molecule has 1 aromatic heterocycles. The molecule has 2 aromatic rings. The third-order valence-corrected chi connectivity index (χ3v) is 8.63. The molecule has 0 saturated carbocycles. The molecule has 4 heterocycles. The topological polar surface area (TPSA) is 90.9 Å². The van der Waals surface area contributed by atoms with Gasteiger partial charge in [-0.2, -0.15) is 5.10 Å². The Labute approximate surface area is 230 Å². The number of carbonyl (C=O) groups excluding carboxylic acids is 1. The van der Waals surface area contributed by atoms with E-state index in [9.17, 15) is 9.90 Å². The summed E-state index contributed by atoms with van der Waals surface area (Å²) in [5.74, 6) is 2.90. The van der Waals surface area contributed by atoms with Crippen LogP contribution in [0, 0.1) is 0 Å². The number of allylic oxidation sites excluding steroid dienone is 5. The summed E-state index contributed by atoms with van der Waals surface area (Å²) in [6.07, 6.45) is 12.8. The van der Waals surface area contributed by atoms with E-state index in [-0.39, 0.29) is 11.9 Å². The second-order valence-corrected chi connectivity index (χ2v) is 11.2. The van der Waals surface area contributed by atoms with Crippen molar-refractivity contribution in [2.45, 2.75) is 63.5 Å². The summed E-state index contributed by atoms with van der Waals surface area (Å²) in [5, 5.41) is 16.9. The van der Waals surface area contributed by atoms with Crippen LogP contribution >= 0.6 is 0 Å². The van der Waals surface area contributed by atoms with Gasteiger partial charge in [-0.15, -0.1) is 0 Å². The van der Waals surface area contributed by atoms with E-state index in [0.717, 1.165) is 80.3 Å². The molecule has 0 radical (unpaired) electrons. The lowest BCUT2D eigenvalue weighted by atomic mass is 9.96. The number of aromatic amines is 1. The molecule has 0 bridgehead atoms. The van der Waals surface area contributed by atoms with Crippen LogP contribution in [0.1, 0.15) is 62.6 Å². The molecule has 39 heavy (non-hydrogen) atoms. The number of hydrogen-bond donors (Lipinski definition) is 2. The van der Waals surface area contributed by atoms with Crippen LogP contribution in [0.4, 0.5) is 0 Å². The summed E-state index contributed by atoms with van der Waals surface area (Å²) in [6.45, 7) is 6.55. The Bertz CT molecular complexity index is 1270. The molecule has 2 saturated heterocycles. The van der Waals surface area contributed by atoms with E-state index in [1.54, 1.807) is 6.20 Å². The van der Waals surface area contributed by atoms with E-state index >= 15 is 0 Å². The average Bonchev–Trinajstić information content (AvgIpc) is 3.69. The number of benzene rings is 1. The van der Waals surface area contributed by atoms with Gasteiger partial charge in [-0.25, -0.2) is 0 Å². The van der Waals surface area contributed by atoms with Gasteiger partial charge in [-0.1, -0.05) is 12.1 Å². The van der Waals surface area contributed by atoms with Gasteiger partial charge in [0, 0.05) is 49.4 Å². The minimum absolute atomic E-state index is 0.0794. The number of amides is 1. The van der Waals surface area contributed by atoms with Crippen LogP contribution in [0.2, 0.25) is 0 Å². The molecule has 8 heteroatoms. The highest BCUT2D eigenvalue weighted by Crippen LogP contribution is 2.39. The maximum atomic E-state index is 12.2. The Morgan fingerprint density at radius 3 is 2.79 bits per heavy atom. The number of fused-ring (bicyclic) bond motifs is 1. The van der Waals surface area contributed by atoms with Crippen molar-refractivity contribution in [2.24, 2.45) is 0 Å². The minimum Gasteiger partial charge on any atom is -0.493 e. The molecule has 1 aromatic carbocycles. The maximum Gasteiger partial charge on any atom is 0.251 e. The summed E-state index contributed by atoms with van der Waals surface area (Å²) >= 11 is 0. The number of nitrogens with one attached hydrogen (secondary N) is 1. The summed E-state index contributed by atoms with van der Waals surface area (Å²) in [5.41, 5.74) is 4.61. The first-order chi connectivity index (χ1) is 19.0. The fourth-order valence-electron chi connectivity index (χ4n) is 6.21. The number of ether oxygens (including phenoxy) is 2. The fraction of sp³-hybridized carbons (Fsp3) is 0.484. The Balaban J connectivity index is 1.03. The lowest BCUT2D eigenvalue weighted by Gasteiger charge is -2.37.